The predicted molar refractivity (Wildman–Crippen MR) is 96.4 cm³/mol. The highest BCUT2D eigenvalue weighted by atomic mass is 16.5. The Morgan fingerprint density at radius 1 is 1.15 bits per heavy atom. The van der Waals surface area contributed by atoms with Crippen LogP contribution in [0.25, 0.3) is 0 Å². The van der Waals surface area contributed by atoms with E-state index in [2.05, 4.69) is 10.1 Å². The molecule has 2 aromatic rings. The van der Waals surface area contributed by atoms with Crippen LogP contribution >= 0.6 is 0 Å². The third kappa shape index (κ3) is 3.91. The number of hydrogen-bond donors (Lipinski definition) is 1. The van der Waals surface area contributed by atoms with Crippen LogP contribution in [-0.2, 0) is 20.9 Å². The molecule has 0 spiro atoms. The van der Waals surface area contributed by atoms with Crippen molar-refractivity contribution in [3.05, 3.63) is 65.7 Å². The van der Waals surface area contributed by atoms with Gasteiger partial charge >= 0.3 is 5.97 Å². The first-order valence-corrected chi connectivity index (χ1v) is 8.41. The summed E-state index contributed by atoms with van der Waals surface area (Å²) < 4.78 is 4.69. The molecule has 0 bridgehead atoms. The van der Waals surface area contributed by atoms with Gasteiger partial charge in [-0.3, -0.25) is 9.59 Å². The van der Waals surface area contributed by atoms with E-state index in [0.29, 0.717) is 30.6 Å². The molecule has 1 atom stereocenters. The number of benzene rings is 2. The van der Waals surface area contributed by atoms with Crippen molar-refractivity contribution >= 4 is 23.5 Å². The van der Waals surface area contributed by atoms with E-state index in [1.54, 1.807) is 29.2 Å². The van der Waals surface area contributed by atoms with Gasteiger partial charge in [-0.2, -0.15) is 0 Å². The van der Waals surface area contributed by atoms with Crippen LogP contribution in [0.4, 0.5) is 5.69 Å². The van der Waals surface area contributed by atoms with Crippen molar-refractivity contribution in [3.8, 4) is 0 Å². The van der Waals surface area contributed by atoms with Crippen molar-refractivity contribution in [1.82, 2.24) is 4.90 Å². The fourth-order valence-electron chi connectivity index (χ4n) is 3.05. The lowest BCUT2D eigenvalue weighted by Crippen LogP contribution is -2.41. The SMILES string of the molecule is COC(=O)c1cccc(NC(=O)C2CCC(=O)N2Cc2ccccc2)c1. The molecule has 0 saturated carbocycles. The van der Waals surface area contributed by atoms with Crippen LogP contribution in [-0.4, -0.2) is 35.8 Å². The molecule has 2 amide bonds. The molecular weight excluding hydrogens is 332 g/mol. The van der Waals surface area contributed by atoms with E-state index < -0.39 is 12.0 Å². The standard InChI is InChI=1S/C20H20N2O4/c1-26-20(25)15-8-5-9-16(12-15)21-19(24)17-10-11-18(23)22(17)13-14-6-3-2-4-7-14/h2-9,12,17H,10-11,13H2,1H3,(H,21,24). The van der Waals surface area contributed by atoms with Gasteiger partial charge in [0.1, 0.15) is 6.04 Å². The highest BCUT2D eigenvalue weighted by molar-refractivity contribution is 6.00. The number of anilines is 1. The lowest BCUT2D eigenvalue weighted by molar-refractivity contribution is -0.133. The number of carbonyl (C=O) groups is 3. The lowest BCUT2D eigenvalue weighted by atomic mass is 10.1. The molecule has 0 radical (unpaired) electrons. The molecule has 6 heteroatoms. The Morgan fingerprint density at radius 2 is 1.92 bits per heavy atom. The highest BCUT2D eigenvalue weighted by Gasteiger charge is 2.35. The molecule has 1 unspecified atom stereocenters. The van der Waals surface area contributed by atoms with Gasteiger partial charge in [-0.05, 0) is 30.2 Å². The van der Waals surface area contributed by atoms with Crippen molar-refractivity contribution in [2.75, 3.05) is 12.4 Å². The molecule has 2 aromatic carbocycles. The molecule has 1 aliphatic rings. The second-order valence-corrected chi connectivity index (χ2v) is 6.12. The molecule has 1 aliphatic heterocycles. The second-order valence-electron chi connectivity index (χ2n) is 6.12. The Hall–Kier alpha value is -3.15. The number of nitrogens with zero attached hydrogens (tertiary/aromatic N) is 1. The van der Waals surface area contributed by atoms with Crippen molar-refractivity contribution in [1.29, 1.82) is 0 Å². The second kappa shape index (κ2) is 7.82. The van der Waals surface area contributed by atoms with Gasteiger partial charge in [-0.1, -0.05) is 36.4 Å². The summed E-state index contributed by atoms with van der Waals surface area (Å²) in [6.45, 7) is 0.403. The van der Waals surface area contributed by atoms with Gasteiger partial charge in [0.05, 0.1) is 12.7 Å². The van der Waals surface area contributed by atoms with Gasteiger partial charge in [0, 0.05) is 18.7 Å². The minimum absolute atomic E-state index is 0.0303. The van der Waals surface area contributed by atoms with Crippen LogP contribution in [0.15, 0.2) is 54.6 Å². The van der Waals surface area contributed by atoms with E-state index in [1.807, 2.05) is 30.3 Å². The lowest BCUT2D eigenvalue weighted by Gasteiger charge is -2.24. The summed E-state index contributed by atoms with van der Waals surface area (Å²) in [5.41, 5.74) is 1.83. The van der Waals surface area contributed by atoms with Crippen molar-refractivity contribution in [3.63, 3.8) is 0 Å². The van der Waals surface area contributed by atoms with Crippen LogP contribution in [0.2, 0.25) is 0 Å². The zero-order valence-electron chi connectivity index (χ0n) is 14.5. The molecule has 0 aliphatic carbocycles. The average Bonchev–Trinajstić information content (AvgIpc) is 3.02. The van der Waals surface area contributed by atoms with Crippen molar-refractivity contribution < 1.29 is 19.1 Å². The topological polar surface area (TPSA) is 75.7 Å². The molecule has 1 fully saturated rings. The van der Waals surface area contributed by atoms with E-state index in [0.717, 1.165) is 5.56 Å². The molecule has 0 aromatic heterocycles. The maximum absolute atomic E-state index is 12.7. The highest BCUT2D eigenvalue weighted by Crippen LogP contribution is 2.23. The largest absolute Gasteiger partial charge is 0.465 e. The predicted octanol–water partition coefficient (Wildman–Crippen LogP) is 2.60. The summed E-state index contributed by atoms with van der Waals surface area (Å²) >= 11 is 0. The van der Waals surface area contributed by atoms with Gasteiger partial charge in [0.25, 0.3) is 0 Å². The van der Waals surface area contributed by atoms with Crippen molar-refractivity contribution in [2.24, 2.45) is 0 Å². The van der Waals surface area contributed by atoms with Gasteiger partial charge in [-0.25, -0.2) is 4.79 Å². The third-order valence-corrected chi connectivity index (χ3v) is 4.38. The summed E-state index contributed by atoms with van der Waals surface area (Å²) in [7, 11) is 1.30. The molecule has 3 rings (SSSR count). The number of hydrogen-bond acceptors (Lipinski definition) is 4. The molecule has 1 heterocycles. The Kier molecular flexibility index (Phi) is 5.31. The summed E-state index contributed by atoms with van der Waals surface area (Å²) in [6, 6.07) is 15.6. The molecule has 6 nitrogen and oxygen atoms in total. The van der Waals surface area contributed by atoms with Crippen LogP contribution < -0.4 is 5.32 Å². The van der Waals surface area contributed by atoms with E-state index in [4.69, 9.17) is 0 Å². The number of nitrogens with one attached hydrogen (secondary N) is 1. The van der Waals surface area contributed by atoms with E-state index in [9.17, 15) is 14.4 Å². The molecule has 1 N–H and O–H groups in total. The van der Waals surface area contributed by atoms with E-state index >= 15 is 0 Å². The maximum Gasteiger partial charge on any atom is 0.337 e. The number of likely N-dealkylation sites (tertiary alicyclic amines) is 1. The van der Waals surface area contributed by atoms with Crippen LogP contribution in [0.1, 0.15) is 28.8 Å². The average molecular weight is 352 g/mol. The molecule has 1 saturated heterocycles. The monoisotopic (exact) mass is 352 g/mol. The zero-order valence-corrected chi connectivity index (χ0v) is 14.5. The van der Waals surface area contributed by atoms with Gasteiger partial charge in [0.15, 0.2) is 0 Å². The van der Waals surface area contributed by atoms with Crippen LogP contribution in [0, 0.1) is 0 Å². The zero-order chi connectivity index (χ0) is 18.5. The Balaban J connectivity index is 1.72. The Labute approximate surface area is 151 Å². The van der Waals surface area contributed by atoms with Crippen molar-refractivity contribution in [2.45, 2.75) is 25.4 Å². The van der Waals surface area contributed by atoms with Gasteiger partial charge in [-0.15, -0.1) is 0 Å². The minimum Gasteiger partial charge on any atom is -0.465 e. The number of ether oxygens (including phenoxy) is 1. The summed E-state index contributed by atoms with van der Waals surface area (Å²) in [4.78, 5) is 38.1. The van der Waals surface area contributed by atoms with Gasteiger partial charge in [0.2, 0.25) is 11.8 Å². The first-order valence-electron chi connectivity index (χ1n) is 8.41. The fourth-order valence-corrected chi connectivity index (χ4v) is 3.05. The molecular formula is C20H20N2O4. The summed E-state index contributed by atoms with van der Waals surface area (Å²) in [6.07, 6.45) is 0.835. The molecule has 134 valence electrons. The Bertz CT molecular complexity index is 820. The number of carbonyl (C=O) groups excluding carboxylic acids is 3. The number of esters is 1. The van der Waals surface area contributed by atoms with E-state index in [-0.39, 0.29) is 11.8 Å². The normalized spacial score (nSPS) is 16.4. The first kappa shape index (κ1) is 17.7. The third-order valence-electron chi connectivity index (χ3n) is 4.38. The number of amides is 2. The smallest absolute Gasteiger partial charge is 0.337 e. The quantitative estimate of drug-likeness (QED) is 0.839. The fraction of sp³-hybridized carbons (Fsp3) is 0.250. The Morgan fingerprint density at radius 3 is 2.65 bits per heavy atom. The number of methoxy groups -OCH3 is 1. The van der Waals surface area contributed by atoms with E-state index in [1.165, 1.54) is 7.11 Å². The van der Waals surface area contributed by atoms with Crippen LogP contribution in [0.5, 0.6) is 0 Å². The van der Waals surface area contributed by atoms with Crippen LogP contribution in [0.3, 0.4) is 0 Å². The number of rotatable bonds is 5. The minimum atomic E-state index is -0.524. The first-order chi connectivity index (χ1) is 12.6. The summed E-state index contributed by atoms with van der Waals surface area (Å²) in [5, 5.41) is 2.80. The maximum atomic E-state index is 12.7. The molecule has 26 heavy (non-hydrogen) atoms. The summed E-state index contributed by atoms with van der Waals surface area (Å²) in [5.74, 6) is -0.756. The van der Waals surface area contributed by atoms with Gasteiger partial charge < -0.3 is 15.0 Å².